The van der Waals surface area contributed by atoms with E-state index in [1.807, 2.05) is 13.8 Å². The molecule has 2 N–H and O–H groups in total. The summed E-state index contributed by atoms with van der Waals surface area (Å²) in [6, 6.07) is 0. The first-order valence-corrected chi connectivity index (χ1v) is 6.13. The van der Waals surface area contributed by atoms with Crippen LogP contribution in [0.5, 0.6) is 0 Å². The van der Waals surface area contributed by atoms with Crippen LogP contribution in [-0.2, 0) is 4.79 Å². The van der Waals surface area contributed by atoms with E-state index in [9.17, 15) is 9.59 Å². The van der Waals surface area contributed by atoms with Crippen molar-refractivity contribution in [1.82, 2.24) is 10.3 Å². The van der Waals surface area contributed by atoms with Gasteiger partial charge in [-0.15, -0.1) is 11.3 Å². The van der Waals surface area contributed by atoms with Gasteiger partial charge in [0, 0.05) is 11.3 Å². The van der Waals surface area contributed by atoms with Gasteiger partial charge in [-0.2, -0.15) is 0 Å². The third-order valence-electron chi connectivity index (χ3n) is 2.21. The number of rotatable bonds is 4. The highest BCUT2D eigenvalue weighted by molar-refractivity contribution is 7.09. The van der Waals surface area contributed by atoms with Crippen LogP contribution in [0.3, 0.4) is 0 Å². The van der Waals surface area contributed by atoms with Gasteiger partial charge >= 0.3 is 5.97 Å². The summed E-state index contributed by atoms with van der Waals surface area (Å²) in [6.07, 6.45) is 0. The highest BCUT2D eigenvalue weighted by Gasteiger charge is 2.30. The lowest BCUT2D eigenvalue weighted by molar-refractivity contribution is -0.143. The maximum absolute atomic E-state index is 11.8. The van der Waals surface area contributed by atoms with Gasteiger partial charge in [-0.05, 0) is 13.8 Å². The summed E-state index contributed by atoms with van der Waals surface area (Å²) in [7, 11) is 0. The normalized spacial score (nSPS) is 11.6. The average molecular weight is 256 g/mol. The predicted molar refractivity (Wildman–Crippen MR) is 65.4 cm³/mol. The molecule has 0 atom stereocenters. The second-order valence-corrected chi connectivity index (χ2v) is 5.50. The van der Waals surface area contributed by atoms with Gasteiger partial charge in [-0.3, -0.25) is 4.79 Å². The van der Waals surface area contributed by atoms with Crippen LogP contribution >= 0.6 is 11.3 Å². The van der Waals surface area contributed by atoms with Crippen LogP contribution in [0, 0.1) is 0 Å². The molecular formula is C11H16N2O3S. The molecule has 0 unspecified atom stereocenters. The molecule has 0 aliphatic heterocycles. The molecule has 94 valence electrons. The lowest BCUT2D eigenvalue weighted by Crippen LogP contribution is -2.49. The van der Waals surface area contributed by atoms with E-state index in [2.05, 4.69) is 10.3 Å². The molecular weight excluding hydrogens is 240 g/mol. The van der Waals surface area contributed by atoms with Crippen molar-refractivity contribution in [2.45, 2.75) is 39.2 Å². The molecule has 1 heterocycles. The fraction of sp³-hybridized carbons (Fsp3) is 0.545. The number of hydrogen-bond acceptors (Lipinski definition) is 4. The van der Waals surface area contributed by atoms with Gasteiger partial charge in [0.1, 0.15) is 11.2 Å². The Kier molecular flexibility index (Phi) is 3.87. The zero-order chi connectivity index (χ0) is 13.2. The lowest BCUT2D eigenvalue weighted by Gasteiger charge is -2.20. The Labute approximate surface area is 104 Å². The Balaban J connectivity index is 2.80. The fourth-order valence-corrected chi connectivity index (χ4v) is 1.87. The van der Waals surface area contributed by atoms with Crippen molar-refractivity contribution in [2.75, 3.05) is 0 Å². The van der Waals surface area contributed by atoms with Gasteiger partial charge in [-0.1, -0.05) is 13.8 Å². The van der Waals surface area contributed by atoms with Gasteiger partial charge in [0.25, 0.3) is 5.91 Å². The van der Waals surface area contributed by atoms with Crippen LogP contribution in [0.25, 0.3) is 0 Å². The van der Waals surface area contributed by atoms with E-state index >= 15 is 0 Å². The Morgan fingerprint density at radius 2 is 2.06 bits per heavy atom. The summed E-state index contributed by atoms with van der Waals surface area (Å²) in [5.41, 5.74) is -1.02. The monoisotopic (exact) mass is 256 g/mol. The quantitative estimate of drug-likeness (QED) is 0.861. The molecule has 1 aromatic heterocycles. The highest BCUT2D eigenvalue weighted by atomic mass is 32.1. The van der Waals surface area contributed by atoms with E-state index in [1.54, 1.807) is 5.38 Å². The average Bonchev–Trinajstić information content (AvgIpc) is 2.65. The number of aromatic nitrogens is 1. The number of carbonyl (C=O) groups excluding carboxylic acids is 1. The Morgan fingerprint density at radius 1 is 1.47 bits per heavy atom. The van der Waals surface area contributed by atoms with E-state index in [0.29, 0.717) is 0 Å². The third kappa shape index (κ3) is 3.26. The van der Waals surface area contributed by atoms with E-state index in [4.69, 9.17) is 5.11 Å². The number of nitrogens with zero attached hydrogens (tertiary/aromatic N) is 1. The van der Waals surface area contributed by atoms with E-state index in [-0.39, 0.29) is 11.6 Å². The topological polar surface area (TPSA) is 79.3 Å². The minimum Gasteiger partial charge on any atom is -0.480 e. The zero-order valence-corrected chi connectivity index (χ0v) is 11.1. The Hall–Kier alpha value is -1.43. The molecule has 0 aliphatic carbocycles. The first-order valence-electron chi connectivity index (χ1n) is 5.25. The van der Waals surface area contributed by atoms with Gasteiger partial charge in [-0.25, -0.2) is 9.78 Å². The van der Waals surface area contributed by atoms with Crippen molar-refractivity contribution in [3.05, 3.63) is 16.1 Å². The van der Waals surface area contributed by atoms with E-state index in [0.717, 1.165) is 5.01 Å². The van der Waals surface area contributed by atoms with Crippen LogP contribution in [0.2, 0.25) is 0 Å². The van der Waals surface area contributed by atoms with E-state index in [1.165, 1.54) is 25.2 Å². The van der Waals surface area contributed by atoms with Gasteiger partial charge < -0.3 is 10.4 Å². The molecule has 1 amide bonds. The first-order chi connectivity index (χ1) is 7.74. The Morgan fingerprint density at radius 3 is 2.47 bits per heavy atom. The molecule has 0 aliphatic rings. The number of nitrogens with one attached hydrogen (secondary N) is 1. The van der Waals surface area contributed by atoms with Crippen molar-refractivity contribution in [3.8, 4) is 0 Å². The molecule has 0 radical (unpaired) electrons. The van der Waals surface area contributed by atoms with Crippen LogP contribution in [0.4, 0.5) is 0 Å². The molecule has 6 heteroatoms. The van der Waals surface area contributed by atoms with Gasteiger partial charge in [0.2, 0.25) is 0 Å². The molecule has 17 heavy (non-hydrogen) atoms. The van der Waals surface area contributed by atoms with Crippen molar-refractivity contribution >= 4 is 23.2 Å². The van der Waals surface area contributed by atoms with Crippen LogP contribution in [0.15, 0.2) is 5.38 Å². The number of hydrogen-bond donors (Lipinski definition) is 2. The summed E-state index contributed by atoms with van der Waals surface area (Å²) < 4.78 is 0. The molecule has 0 aromatic carbocycles. The SMILES string of the molecule is CC(C)c1nc(C(=O)NC(C)(C)C(=O)O)cs1. The van der Waals surface area contributed by atoms with Gasteiger partial charge in [0.15, 0.2) is 0 Å². The molecule has 0 bridgehead atoms. The number of amides is 1. The van der Waals surface area contributed by atoms with E-state index < -0.39 is 17.4 Å². The summed E-state index contributed by atoms with van der Waals surface area (Å²) in [6.45, 7) is 6.84. The summed E-state index contributed by atoms with van der Waals surface area (Å²) in [5.74, 6) is -1.28. The number of thiazole rings is 1. The van der Waals surface area contributed by atoms with Gasteiger partial charge in [0.05, 0.1) is 5.01 Å². The van der Waals surface area contributed by atoms with Crippen molar-refractivity contribution in [3.63, 3.8) is 0 Å². The van der Waals surface area contributed by atoms with Crippen LogP contribution < -0.4 is 5.32 Å². The molecule has 1 rings (SSSR count). The van der Waals surface area contributed by atoms with Crippen molar-refractivity contribution in [2.24, 2.45) is 0 Å². The van der Waals surface area contributed by atoms with Crippen molar-refractivity contribution < 1.29 is 14.7 Å². The third-order valence-corrected chi connectivity index (χ3v) is 3.35. The highest BCUT2D eigenvalue weighted by Crippen LogP contribution is 2.19. The number of carboxylic acid groups (broad SMARTS) is 1. The predicted octanol–water partition coefficient (Wildman–Crippen LogP) is 1.86. The van der Waals surface area contributed by atoms with Crippen LogP contribution in [-0.4, -0.2) is 27.5 Å². The fourth-order valence-electron chi connectivity index (χ4n) is 1.06. The largest absolute Gasteiger partial charge is 0.480 e. The summed E-state index contributed by atoms with van der Waals surface area (Å²) in [5, 5.41) is 13.8. The lowest BCUT2D eigenvalue weighted by atomic mass is 10.1. The summed E-state index contributed by atoms with van der Waals surface area (Å²) >= 11 is 1.40. The molecule has 0 spiro atoms. The Bertz CT molecular complexity index is 438. The second-order valence-electron chi connectivity index (χ2n) is 4.61. The maximum Gasteiger partial charge on any atom is 0.328 e. The number of carboxylic acids is 1. The molecule has 1 aromatic rings. The molecule has 0 saturated heterocycles. The van der Waals surface area contributed by atoms with Crippen molar-refractivity contribution in [1.29, 1.82) is 0 Å². The summed E-state index contributed by atoms with van der Waals surface area (Å²) in [4.78, 5) is 26.8. The standard InChI is InChI=1S/C11H16N2O3S/c1-6(2)9-12-7(5-17-9)8(14)13-11(3,4)10(15)16/h5-6H,1-4H3,(H,13,14)(H,15,16). The zero-order valence-electron chi connectivity index (χ0n) is 10.3. The first kappa shape index (κ1) is 13.6. The smallest absolute Gasteiger partial charge is 0.328 e. The second kappa shape index (κ2) is 4.83. The maximum atomic E-state index is 11.8. The van der Waals surface area contributed by atoms with Crippen LogP contribution in [0.1, 0.15) is 49.1 Å². The molecule has 5 nitrogen and oxygen atoms in total. The minimum atomic E-state index is -1.29. The number of carbonyl (C=O) groups is 2. The number of aliphatic carboxylic acids is 1. The molecule has 0 saturated carbocycles. The minimum absolute atomic E-state index is 0.258. The molecule has 0 fully saturated rings.